The molecule has 0 aliphatic carbocycles. The van der Waals surface area contributed by atoms with Gasteiger partial charge in [0.05, 0.1) is 30.5 Å². The molecular weight excluding hydrogens is 337 g/mol. The first-order valence-corrected chi connectivity index (χ1v) is 7.67. The zero-order chi connectivity index (χ0) is 18.0. The molecule has 1 saturated heterocycles. The summed E-state index contributed by atoms with van der Waals surface area (Å²) in [6.07, 6.45) is -2.77. The molecular formula is C16H17F3N4O2. The average Bonchev–Trinajstić information content (AvgIpc) is 3.00. The van der Waals surface area contributed by atoms with Gasteiger partial charge in [-0.1, -0.05) is 0 Å². The number of carbonyl (C=O) groups excluding carboxylic acids is 1. The molecule has 1 aliphatic rings. The third-order valence-electron chi connectivity index (χ3n) is 4.05. The Kier molecular flexibility index (Phi) is 4.67. The molecule has 2 heterocycles. The smallest absolute Gasteiger partial charge is 0.377 e. The first-order valence-electron chi connectivity index (χ1n) is 7.67. The van der Waals surface area contributed by atoms with E-state index in [9.17, 15) is 18.0 Å². The van der Waals surface area contributed by atoms with E-state index in [1.54, 1.807) is 28.9 Å². The van der Waals surface area contributed by atoms with Gasteiger partial charge in [0.1, 0.15) is 0 Å². The van der Waals surface area contributed by atoms with Crippen LogP contribution in [0.5, 0.6) is 0 Å². The maximum absolute atomic E-state index is 12.6. The minimum absolute atomic E-state index is 0.299. The van der Waals surface area contributed by atoms with Crippen molar-refractivity contribution in [3.05, 3.63) is 47.8 Å². The van der Waals surface area contributed by atoms with Gasteiger partial charge in [-0.05, 0) is 30.3 Å². The predicted octanol–water partition coefficient (Wildman–Crippen LogP) is 3.04. The second kappa shape index (κ2) is 6.75. The molecule has 2 amide bonds. The van der Waals surface area contributed by atoms with E-state index in [1.807, 2.05) is 0 Å². The SMILES string of the molecule is Cn1nccc1C1COCCN1C(=O)Nc1ccc(C(F)(F)F)cc1. The summed E-state index contributed by atoms with van der Waals surface area (Å²) in [5, 5.41) is 6.73. The highest BCUT2D eigenvalue weighted by atomic mass is 19.4. The topological polar surface area (TPSA) is 59.4 Å². The van der Waals surface area contributed by atoms with Crippen LogP contribution >= 0.6 is 0 Å². The number of anilines is 1. The van der Waals surface area contributed by atoms with Gasteiger partial charge in [0.2, 0.25) is 0 Å². The molecule has 3 rings (SSSR count). The second-order valence-corrected chi connectivity index (χ2v) is 5.67. The lowest BCUT2D eigenvalue weighted by atomic mass is 10.1. The van der Waals surface area contributed by atoms with E-state index in [0.29, 0.717) is 25.4 Å². The zero-order valence-corrected chi connectivity index (χ0v) is 13.5. The normalized spacial score (nSPS) is 18.2. The van der Waals surface area contributed by atoms with Crippen molar-refractivity contribution in [1.29, 1.82) is 0 Å². The van der Waals surface area contributed by atoms with E-state index < -0.39 is 17.8 Å². The van der Waals surface area contributed by atoms with Crippen molar-refractivity contribution in [2.45, 2.75) is 12.2 Å². The summed E-state index contributed by atoms with van der Waals surface area (Å²) in [6, 6.07) is 5.45. The number of alkyl halides is 3. The van der Waals surface area contributed by atoms with Crippen LogP contribution in [0.2, 0.25) is 0 Å². The van der Waals surface area contributed by atoms with E-state index in [0.717, 1.165) is 17.8 Å². The van der Waals surface area contributed by atoms with Crippen molar-refractivity contribution in [1.82, 2.24) is 14.7 Å². The van der Waals surface area contributed by atoms with Crippen LogP contribution in [0.4, 0.5) is 23.7 Å². The van der Waals surface area contributed by atoms with Gasteiger partial charge in [0, 0.05) is 25.5 Å². The molecule has 1 aromatic carbocycles. The molecule has 2 aromatic rings. The van der Waals surface area contributed by atoms with Crippen LogP contribution in [0, 0.1) is 0 Å². The number of amides is 2. The first-order chi connectivity index (χ1) is 11.9. The highest BCUT2D eigenvalue weighted by molar-refractivity contribution is 5.89. The van der Waals surface area contributed by atoms with E-state index in [1.165, 1.54) is 12.1 Å². The standard InChI is InChI=1S/C16H17F3N4O2/c1-22-13(6-7-20-22)14-10-25-9-8-23(14)15(24)21-12-4-2-11(3-5-12)16(17,18)19/h2-7,14H,8-10H2,1H3,(H,21,24). The summed E-state index contributed by atoms with van der Waals surface area (Å²) in [5.74, 6) is 0. The van der Waals surface area contributed by atoms with Crippen LogP contribution in [0.15, 0.2) is 36.5 Å². The summed E-state index contributed by atoms with van der Waals surface area (Å²) >= 11 is 0. The van der Waals surface area contributed by atoms with Crippen molar-refractivity contribution >= 4 is 11.7 Å². The second-order valence-electron chi connectivity index (χ2n) is 5.67. The van der Waals surface area contributed by atoms with Crippen molar-refractivity contribution in [3.63, 3.8) is 0 Å². The number of urea groups is 1. The number of carbonyl (C=O) groups is 1. The number of hydrogen-bond acceptors (Lipinski definition) is 3. The Morgan fingerprint density at radius 1 is 1.28 bits per heavy atom. The minimum atomic E-state index is -4.41. The number of aryl methyl sites for hydroxylation is 1. The summed E-state index contributed by atoms with van der Waals surface area (Å²) in [5.41, 5.74) is 0.361. The molecule has 0 spiro atoms. The Balaban J connectivity index is 1.74. The molecule has 0 saturated carbocycles. The van der Waals surface area contributed by atoms with E-state index in [2.05, 4.69) is 10.4 Å². The van der Waals surface area contributed by atoms with Crippen LogP contribution in [-0.2, 0) is 18.0 Å². The molecule has 9 heteroatoms. The fourth-order valence-electron chi connectivity index (χ4n) is 2.74. The molecule has 1 fully saturated rings. The number of nitrogens with zero attached hydrogens (tertiary/aromatic N) is 3. The van der Waals surface area contributed by atoms with Crippen molar-refractivity contribution in [2.75, 3.05) is 25.1 Å². The van der Waals surface area contributed by atoms with Gasteiger partial charge in [0.25, 0.3) is 0 Å². The Hall–Kier alpha value is -2.55. The quantitative estimate of drug-likeness (QED) is 0.902. The third-order valence-corrected chi connectivity index (χ3v) is 4.05. The van der Waals surface area contributed by atoms with Crippen LogP contribution in [0.25, 0.3) is 0 Å². The predicted molar refractivity (Wildman–Crippen MR) is 83.9 cm³/mol. The Labute approximate surface area is 142 Å². The highest BCUT2D eigenvalue weighted by Crippen LogP contribution is 2.30. The molecule has 1 N–H and O–H groups in total. The number of morpholine rings is 1. The minimum Gasteiger partial charge on any atom is -0.377 e. The largest absolute Gasteiger partial charge is 0.416 e. The Bertz CT molecular complexity index is 743. The molecule has 1 aliphatic heterocycles. The van der Waals surface area contributed by atoms with Gasteiger partial charge < -0.3 is 15.0 Å². The number of halogens is 3. The monoisotopic (exact) mass is 354 g/mol. The third kappa shape index (κ3) is 3.76. The molecule has 1 aromatic heterocycles. The molecule has 0 bridgehead atoms. The summed E-state index contributed by atoms with van der Waals surface area (Å²) in [4.78, 5) is 14.2. The fraction of sp³-hybridized carbons (Fsp3) is 0.375. The van der Waals surface area contributed by atoms with E-state index >= 15 is 0 Å². The number of hydrogen-bond donors (Lipinski definition) is 1. The van der Waals surface area contributed by atoms with Crippen molar-refractivity contribution in [2.24, 2.45) is 7.05 Å². The Morgan fingerprint density at radius 3 is 2.60 bits per heavy atom. The van der Waals surface area contributed by atoms with Crippen molar-refractivity contribution in [3.8, 4) is 0 Å². The molecule has 6 nitrogen and oxygen atoms in total. The van der Waals surface area contributed by atoms with E-state index in [-0.39, 0.29) is 6.04 Å². The summed E-state index contributed by atoms with van der Waals surface area (Å²) in [6.45, 7) is 1.11. The number of benzene rings is 1. The van der Waals surface area contributed by atoms with Gasteiger partial charge in [-0.15, -0.1) is 0 Å². The number of aromatic nitrogens is 2. The van der Waals surface area contributed by atoms with Gasteiger partial charge in [-0.3, -0.25) is 4.68 Å². The molecule has 1 unspecified atom stereocenters. The first kappa shape index (κ1) is 17.3. The van der Waals surface area contributed by atoms with Gasteiger partial charge in [-0.25, -0.2) is 4.79 Å². The maximum atomic E-state index is 12.6. The molecule has 25 heavy (non-hydrogen) atoms. The lowest BCUT2D eigenvalue weighted by Gasteiger charge is -2.35. The van der Waals surface area contributed by atoms with Crippen LogP contribution in [-0.4, -0.2) is 40.5 Å². The summed E-state index contributed by atoms with van der Waals surface area (Å²) in [7, 11) is 1.77. The molecule has 0 radical (unpaired) electrons. The van der Waals surface area contributed by atoms with Crippen molar-refractivity contribution < 1.29 is 22.7 Å². The zero-order valence-electron chi connectivity index (χ0n) is 13.5. The van der Waals surface area contributed by atoms with E-state index in [4.69, 9.17) is 4.74 Å². The molecule has 134 valence electrons. The highest BCUT2D eigenvalue weighted by Gasteiger charge is 2.32. The van der Waals surface area contributed by atoms with Crippen LogP contribution < -0.4 is 5.32 Å². The fourth-order valence-corrected chi connectivity index (χ4v) is 2.74. The van der Waals surface area contributed by atoms with Gasteiger partial charge in [-0.2, -0.15) is 18.3 Å². The average molecular weight is 354 g/mol. The number of rotatable bonds is 2. The lowest BCUT2D eigenvalue weighted by molar-refractivity contribution is -0.137. The van der Waals surface area contributed by atoms with Gasteiger partial charge >= 0.3 is 12.2 Å². The maximum Gasteiger partial charge on any atom is 0.416 e. The van der Waals surface area contributed by atoms with Crippen LogP contribution in [0.3, 0.4) is 0 Å². The van der Waals surface area contributed by atoms with Gasteiger partial charge in [0.15, 0.2) is 0 Å². The lowest BCUT2D eigenvalue weighted by Crippen LogP contribution is -2.46. The summed E-state index contributed by atoms with van der Waals surface area (Å²) < 4.78 is 44.9. The van der Waals surface area contributed by atoms with Crippen LogP contribution in [0.1, 0.15) is 17.3 Å². The molecule has 1 atom stereocenters. The Morgan fingerprint density at radius 2 is 2.00 bits per heavy atom. The number of nitrogens with one attached hydrogen (secondary N) is 1. The number of ether oxygens (including phenoxy) is 1.